The number of halogens is 1. The van der Waals surface area contributed by atoms with Crippen molar-refractivity contribution in [1.29, 1.82) is 0 Å². The van der Waals surface area contributed by atoms with Gasteiger partial charge in [0.1, 0.15) is 0 Å². The standard InChI is InChI=1S/C11H12FN5O2/c1-2-9-11(13)14-15-16(9)6-7-3-4-10(17(18)19)8(12)5-7/h3-5H,2,6,13H2,1H3. The van der Waals surface area contributed by atoms with Crippen molar-refractivity contribution >= 4 is 11.5 Å². The fraction of sp³-hybridized carbons (Fsp3) is 0.273. The van der Waals surface area contributed by atoms with E-state index in [4.69, 9.17) is 5.73 Å². The molecule has 0 saturated heterocycles. The molecule has 2 N–H and O–H groups in total. The first kappa shape index (κ1) is 12.9. The highest BCUT2D eigenvalue weighted by atomic mass is 19.1. The zero-order valence-electron chi connectivity index (χ0n) is 10.2. The lowest BCUT2D eigenvalue weighted by Gasteiger charge is -2.05. The minimum Gasteiger partial charge on any atom is -0.381 e. The highest BCUT2D eigenvalue weighted by Crippen LogP contribution is 2.19. The number of hydrogen-bond acceptors (Lipinski definition) is 5. The molecule has 8 heteroatoms. The maximum atomic E-state index is 13.5. The van der Waals surface area contributed by atoms with Crippen molar-refractivity contribution in [3.8, 4) is 0 Å². The molecule has 0 fully saturated rings. The number of benzene rings is 1. The Kier molecular flexibility index (Phi) is 3.41. The van der Waals surface area contributed by atoms with Crippen LogP contribution < -0.4 is 5.73 Å². The molecule has 0 aliphatic heterocycles. The van der Waals surface area contributed by atoms with Crippen molar-refractivity contribution in [3.05, 3.63) is 45.4 Å². The Labute approximate surface area is 108 Å². The Balaban J connectivity index is 2.29. The van der Waals surface area contributed by atoms with Crippen molar-refractivity contribution < 1.29 is 9.31 Å². The van der Waals surface area contributed by atoms with Gasteiger partial charge in [0.25, 0.3) is 0 Å². The minimum absolute atomic E-state index is 0.266. The molecule has 0 spiro atoms. The molecule has 19 heavy (non-hydrogen) atoms. The summed E-state index contributed by atoms with van der Waals surface area (Å²) in [6.45, 7) is 2.17. The lowest BCUT2D eigenvalue weighted by Crippen LogP contribution is -2.07. The van der Waals surface area contributed by atoms with Gasteiger partial charge in [-0.05, 0) is 18.1 Å². The quantitative estimate of drug-likeness (QED) is 0.667. The highest BCUT2D eigenvalue weighted by molar-refractivity contribution is 5.36. The molecular formula is C11H12FN5O2. The van der Waals surface area contributed by atoms with Crippen molar-refractivity contribution in [3.63, 3.8) is 0 Å². The van der Waals surface area contributed by atoms with E-state index in [1.54, 1.807) is 4.68 Å². The summed E-state index contributed by atoms with van der Waals surface area (Å²) in [7, 11) is 0. The summed E-state index contributed by atoms with van der Waals surface area (Å²) >= 11 is 0. The number of rotatable bonds is 4. The average molecular weight is 265 g/mol. The summed E-state index contributed by atoms with van der Waals surface area (Å²) in [4.78, 5) is 9.76. The minimum atomic E-state index is -0.867. The van der Waals surface area contributed by atoms with Gasteiger partial charge in [0.2, 0.25) is 5.82 Å². The fourth-order valence-electron chi connectivity index (χ4n) is 1.81. The Morgan fingerprint density at radius 1 is 1.53 bits per heavy atom. The van der Waals surface area contributed by atoms with Gasteiger partial charge in [-0.3, -0.25) is 10.1 Å². The number of aromatic nitrogens is 3. The second kappa shape index (κ2) is 5.01. The molecule has 0 aliphatic carbocycles. The predicted octanol–water partition coefficient (Wildman–Crippen LogP) is 1.52. The number of nitrogen functional groups attached to an aromatic ring is 1. The van der Waals surface area contributed by atoms with Crippen molar-refractivity contribution in [2.75, 3.05) is 5.73 Å². The van der Waals surface area contributed by atoms with Crippen LogP contribution in [0.4, 0.5) is 15.9 Å². The Morgan fingerprint density at radius 3 is 2.84 bits per heavy atom. The van der Waals surface area contributed by atoms with Crippen molar-refractivity contribution in [2.45, 2.75) is 19.9 Å². The van der Waals surface area contributed by atoms with E-state index in [0.29, 0.717) is 17.8 Å². The molecule has 1 aromatic heterocycles. The number of nitrogens with zero attached hydrogens (tertiary/aromatic N) is 4. The summed E-state index contributed by atoms with van der Waals surface area (Å²) in [5, 5.41) is 18.1. The van der Waals surface area contributed by atoms with E-state index in [1.807, 2.05) is 6.92 Å². The van der Waals surface area contributed by atoms with Crippen molar-refractivity contribution in [1.82, 2.24) is 15.0 Å². The first-order chi connectivity index (χ1) is 9.02. The van der Waals surface area contributed by atoms with E-state index in [0.717, 1.165) is 17.8 Å². The Bertz CT molecular complexity index is 626. The number of nitro benzene ring substituents is 1. The second-order valence-electron chi connectivity index (χ2n) is 3.98. The van der Waals surface area contributed by atoms with Gasteiger partial charge in [-0.15, -0.1) is 5.10 Å². The highest BCUT2D eigenvalue weighted by Gasteiger charge is 2.15. The van der Waals surface area contributed by atoms with Gasteiger partial charge >= 0.3 is 5.69 Å². The van der Waals surface area contributed by atoms with E-state index in [1.165, 1.54) is 6.07 Å². The molecule has 100 valence electrons. The first-order valence-electron chi connectivity index (χ1n) is 5.63. The number of anilines is 1. The lowest BCUT2D eigenvalue weighted by atomic mass is 10.2. The van der Waals surface area contributed by atoms with Gasteiger partial charge in [-0.2, -0.15) is 4.39 Å². The predicted molar refractivity (Wildman–Crippen MR) is 66.0 cm³/mol. The summed E-state index contributed by atoms with van der Waals surface area (Å²) < 4.78 is 15.0. The van der Waals surface area contributed by atoms with Gasteiger partial charge in [-0.25, -0.2) is 4.68 Å². The van der Waals surface area contributed by atoms with Crippen LogP contribution in [0.3, 0.4) is 0 Å². The van der Waals surface area contributed by atoms with E-state index in [-0.39, 0.29) is 6.54 Å². The van der Waals surface area contributed by atoms with Gasteiger partial charge in [0, 0.05) is 6.07 Å². The third-order valence-electron chi connectivity index (χ3n) is 2.74. The molecule has 0 atom stereocenters. The Hall–Kier alpha value is -2.51. The average Bonchev–Trinajstić information content (AvgIpc) is 2.69. The lowest BCUT2D eigenvalue weighted by molar-refractivity contribution is -0.387. The van der Waals surface area contributed by atoms with Crippen molar-refractivity contribution in [2.24, 2.45) is 0 Å². The van der Waals surface area contributed by atoms with Crippen LogP contribution in [0.25, 0.3) is 0 Å². The van der Waals surface area contributed by atoms with Crippen LogP contribution in [0.5, 0.6) is 0 Å². The van der Waals surface area contributed by atoms with Crippen LogP contribution in [0.15, 0.2) is 18.2 Å². The van der Waals surface area contributed by atoms with Gasteiger partial charge in [0.05, 0.1) is 17.2 Å². The van der Waals surface area contributed by atoms with Gasteiger partial charge in [0.15, 0.2) is 5.82 Å². The molecular weight excluding hydrogens is 253 g/mol. The van der Waals surface area contributed by atoms with Gasteiger partial charge < -0.3 is 5.73 Å². The monoisotopic (exact) mass is 265 g/mol. The van der Waals surface area contributed by atoms with Crippen LogP contribution >= 0.6 is 0 Å². The molecule has 0 amide bonds. The van der Waals surface area contributed by atoms with Crippen LogP contribution in [0.1, 0.15) is 18.2 Å². The maximum Gasteiger partial charge on any atom is 0.304 e. The van der Waals surface area contributed by atoms with E-state index >= 15 is 0 Å². The zero-order chi connectivity index (χ0) is 14.0. The molecule has 0 radical (unpaired) electrons. The van der Waals surface area contributed by atoms with E-state index in [2.05, 4.69) is 10.3 Å². The van der Waals surface area contributed by atoms with Crippen LogP contribution in [0.2, 0.25) is 0 Å². The zero-order valence-corrected chi connectivity index (χ0v) is 10.2. The summed E-state index contributed by atoms with van der Waals surface area (Å²) in [6, 6.07) is 3.74. The number of hydrogen-bond donors (Lipinski definition) is 1. The smallest absolute Gasteiger partial charge is 0.304 e. The number of nitro groups is 1. The fourth-order valence-corrected chi connectivity index (χ4v) is 1.81. The number of nitrogens with two attached hydrogens (primary N) is 1. The summed E-state index contributed by atoms with van der Waals surface area (Å²) in [5.41, 5.74) is 6.40. The summed E-state index contributed by atoms with van der Waals surface area (Å²) in [6.07, 6.45) is 0.647. The van der Waals surface area contributed by atoms with Crippen LogP contribution in [0, 0.1) is 15.9 Å². The molecule has 1 aromatic carbocycles. The normalized spacial score (nSPS) is 10.6. The van der Waals surface area contributed by atoms with E-state index < -0.39 is 16.4 Å². The molecule has 0 unspecified atom stereocenters. The Morgan fingerprint density at radius 2 is 2.26 bits per heavy atom. The molecule has 0 aliphatic rings. The molecule has 2 rings (SSSR count). The molecule has 7 nitrogen and oxygen atoms in total. The first-order valence-corrected chi connectivity index (χ1v) is 5.63. The second-order valence-corrected chi connectivity index (χ2v) is 3.98. The molecule has 0 bridgehead atoms. The maximum absolute atomic E-state index is 13.5. The van der Waals surface area contributed by atoms with E-state index in [9.17, 15) is 14.5 Å². The largest absolute Gasteiger partial charge is 0.381 e. The van der Waals surface area contributed by atoms with Gasteiger partial charge in [-0.1, -0.05) is 18.2 Å². The third kappa shape index (κ3) is 2.51. The third-order valence-corrected chi connectivity index (χ3v) is 2.74. The molecule has 0 saturated carbocycles. The SMILES string of the molecule is CCc1c(N)nnn1Cc1ccc([N+](=O)[O-])c(F)c1. The van der Waals surface area contributed by atoms with Crippen LogP contribution in [-0.2, 0) is 13.0 Å². The summed E-state index contributed by atoms with van der Waals surface area (Å²) in [5.74, 6) is -0.529. The topological polar surface area (TPSA) is 99.9 Å². The molecule has 2 aromatic rings. The molecule has 1 heterocycles. The van der Waals surface area contributed by atoms with Crippen LogP contribution in [-0.4, -0.2) is 19.9 Å².